The van der Waals surface area contributed by atoms with Crippen LogP contribution in [0, 0.1) is 0 Å². The van der Waals surface area contributed by atoms with Crippen LogP contribution in [0.4, 0.5) is 5.69 Å². The van der Waals surface area contributed by atoms with Crippen LogP contribution < -0.4 is 10.5 Å². The Morgan fingerprint density at radius 3 is 2.81 bits per heavy atom. The average molecular weight is 291 g/mol. The molecule has 0 spiro atoms. The van der Waals surface area contributed by atoms with E-state index >= 15 is 0 Å². The Labute approximate surface area is 126 Å². The second-order valence-electron chi connectivity index (χ2n) is 5.78. The third-order valence-corrected chi connectivity index (χ3v) is 4.39. The van der Waals surface area contributed by atoms with Crippen molar-refractivity contribution in [1.82, 2.24) is 9.80 Å². The van der Waals surface area contributed by atoms with Gasteiger partial charge in [0.1, 0.15) is 12.4 Å². The first kappa shape index (κ1) is 14.6. The number of ether oxygens (including phenoxy) is 2. The number of rotatable bonds is 5. The van der Waals surface area contributed by atoms with E-state index in [0.29, 0.717) is 18.3 Å². The fourth-order valence-corrected chi connectivity index (χ4v) is 3.15. The maximum absolute atomic E-state index is 5.88. The summed E-state index contributed by atoms with van der Waals surface area (Å²) in [6, 6.07) is 8.37. The highest BCUT2D eigenvalue weighted by molar-refractivity contribution is 5.51. The van der Waals surface area contributed by atoms with E-state index in [1.807, 2.05) is 24.3 Å². The molecule has 5 heteroatoms. The molecular formula is C16H25N3O2. The van der Waals surface area contributed by atoms with Gasteiger partial charge in [0.05, 0.1) is 18.9 Å². The van der Waals surface area contributed by atoms with Gasteiger partial charge in [-0.05, 0) is 25.1 Å². The molecule has 2 fully saturated rings. The normalized spacial score (nSPS) is 24.3. The quantitative estimate of drug-likeness (QED) is 0.822. The van der Waals surface area contributed by atoms with Crippen molar-refractivity contribution in [2.24, 2.45) is 0 Å². The van der Waals surface area contributed by atoms with Gasteiger partial charge < -0.3 is 15.2 Å². The van der Waals surface area contributed by atoms with Gasteiger partial charge in [-0.3, -0.25) is 9.80 Å². The lowest BCUT2D eigenvalue weighted by atomic mass is 10.2. The highest BCUT2D eigenvalue weighted by Crippen LogP contribution is 2.20. The van der Waals surface area contributed by atoms with Crippen LogP contribution in [0.5, 0.6) is 5.75 Å². The minimum atomic E-state index is 0.690. The van der Waals surface area contributed by atoms with E-state index in [4.69, 9.17) is 15.2 Å². The molecule has 2 aliphatic rings. The van der Waals surface area contributed by atoms with Crippen molar-refractivity contribution in [3.8, 4) is 5.75 Å². The number of anilines is 1. The maximum Gasteiger partial charge on any atom is 0.142 e. The lowest BCUT2D eigenvalue weighted by Gasteiger charge is -2.32. The van der Waals surface area contributed by atoms with E-state index < -0.39 is 0 Å². The molecule has 1 aromatic rings. The Morgan fingerprint density at radius 1 is 1.19 bits per heavy atom. The number of nitrogen functional groups attached to an aromatic ring is 1. The number of para-hydroxylation sites is 2. The zero-order valence-corrected chi connectivity index (χ0v) is 12.5. The van der Waals surface area contributed by atoms with E-state index in [1.54, 1.807) is 0 Å². The van der Waals surface area contributed by atoms with Crippen molar-refractivity contribution in [3.05, 3.63) is 24.3 Å². The molecule has 3 rings (SSSR count). The molecule has 2 saturated heterocycles. The van der Waals surface area contributed by atoms with E-state index in [1.165, 1.54) is 6.42 Å². The van der Waals surface area contributed by atoms with Crippen LogP contribution >= 0.6 is 0 Å². The topological polar surface area (TPSA) is 51.0 Å². The smallest absolute Gasteiger partial charge is 0.142 e. The first-order valence-corrected chi connectivity index (χ1v) is 7.84. The Kier molecular flexibility index (Phi) is 4.95. The van der Waals surface area contributed by atoms with E-state index in [9.17, 15) is 0 Å². The van der Waals surface area contributed by atoms with Crippen LogP contribution in [0.3, 0.4) is 0 Å². The third-order valence-electron chi connectivity index (χ3n) is 4.39. The number of hydrogen-bond donors (Lipinski definition) is 1. The Hall–Kier alpha value is -1.30. The van der Waals surface area contributed by atoms with Gasteiger partial charge in [0.2, 0.25) is 0 Å². The van der Waals surface area contributed by atoms with Crippen LogP contribution in [0.2, 0.25) is 0 Å². The molecule has 0 radical (unpaired) electrons. The van der Waals surface area contributed by atoms with Gasteiger partial charge in [-0.1, -0.05) is 12.1 Å². The average Bonchev–Trinajstić information content (AvgIpc) is 2.99. The first-order valence-electron chi connectivity index (χ1n) is 7.84. The molecular weight excluding hydrogens is 266 g/mol. The van der Waals surface area contributed by atoms with Gasteiger partial charge in [-0.2, -0.15) is 0 Å². The fourth-order valence-electron chi connectivity index (χ4n) is 3.15. The summed E-state index contributed by atoms with van der Waals surface area (Å²) in [4.78, 5) is 5.05. The van der Waals surface area contributed by atoms with Crippen LogP contribution in [-0.4, -0.2) is 68.4 Å². The summed E-state index contributed by atoms with van der Waals surface area (Å²) >= 11 is 0. The predicted molar refractivity (Wildman–Crippen MR) is 83.6 cm³/mol. The van der Waals surface area contributed by atoms with E-state index in [-0.39, 0.29) is 0 Å². The SMILES string of the molecule is Nc1ccccc1OCCN1CCC(N2CCOCC2)C1. The van der Waals surface area contributed by atoms with Gasteiger partial charge in [0.15, 0.2) is 0 Å². The molecule has 1 atom stereocenters. The van der Waals surface area contributed by atoms with Crippen molar-refractivity contribution in [2.75, 3.05) is 58.3 Å². The van der Waals surface area contributed by atoms with E-state index in [0.717, 1.165) is 51.7 Å². The molecule has 5 nitrogen and oxygen atoms in total. The van der Waals surface area contributed by atoms with Gasteiger partial charge in [-0.15, -0.1) is 0 Å². The molecule has 0 saturated carbocycles. The number of likely N-dealkylation sites (tertiary alicyclic amines) is 1. The molecule has 2 aliphatic heterocycles. The van der Waals surface area contributed by atoms with Crippen molar-refractivity contribution < 1.29 is 9.47 Å². The zero-order valence-electron chi connectivity index (χ0n) is 12.5. The molecule has 1 unspecified atom stereocenters. The fraction of sp³-hybridized carbons (Fsp3) is 0.625. The maximum atomic E-state index is 5.88. The third kappa shape index (κ3) is 3.87. The Bertz CT molecular complexity index is 449. The highest BCUT2D eigenvalue weighted by Gasteiger charge is 2.28. The number of hydrogen-bond acceptors (Lipinski definition) is 5. The first-order chi connectivity index (χ1) is 10.3. The predicted octanol–water partition coefficient (Wildman–Crippen LogP) is 1.05. The molecule has 0 amide bonds. The zero-order chi connectivity index (χ0) is 14.5. The van der Waals surface area contributed by atoms with Crippen molar-refractivity contribution >= 4 is 5.69 Å². The summed E-state index contributed by atoms with van der Waals surface area (Å²) in [6.07, 6.45) is 1.26. The van der Waals surface area contributed by atoms with Gasteiger partial charge >= 0.3 is 0 Å². The molecule has 0 aliphatic carbocycles. The summed E-state index contributed by atoms with van der Waals surface area (Å²) < 4.78 is 11.2. The van der Waals surface area contributed by atoms with Crippen LogP contribution in [-0.2, 0) is 4.74 Å². The summed E-state index contributed by atoms with van der Waals surface area (Å²) in [5.74, 6) is 0.793. The molecule has 116 valence electrons. The lowest BCUT2D eigenvalue weighted by molar-refractivity contribution is 0.0183. The van der Waals surface area contributed by atoms with Crippen LogP contribution in [0.25, 0.3) is 0 Å². The largest absolute Gasteiger partial charge is 0.490 e. The van der Waals surface area contributed by atoms with Crippen molar-refractivity contribution in [2.45, 2.75) is 12.5 Å². The molecule has 2 N–H and O–H groups in total. The number of nitrogens with zero attached hydrogens (tertiary/aromatic N) is 2. The van der Waals surface area contributed by atoms with Crippen LogP contribution in [0.15, 0.2) is 24.3 Å². The second-order valence-corrected chi connectivity index (χ2v) is 5.78. The molecule has 21 heavy (non-hydrogen) atoms. The number of benzene rings is 1. The summed E-state index contributed by atoms with van der Waals surface area (Å²) in [6.45, 7) is 7.90. The van der Waals surface area contributed by atoms with Crippen molar-refractivity contribution in [1.29, 1.82) is 0 Å². The van der Waals surface area contributed by atoms with E-state index in [2.05, 4.69) is 9.80 Å². The molecule has 0 aromatic heterocycles. The Balaban J connectivity index is 1.40. The summed E-state index contributed by atoms with van der Waals surface area (Å²) in [5, 5.41) is 0. The second kappa shape index (κ2) is 7.11. The number of morpholine rings is 1. The van der Waals surface area contributed by atoms with Crippen LogP contribution in [0.1, 0.15) is 6.42 Å². The highest BCUT2D eigenvalue weighted by atomic mass is 16.5. The lowest BCUT2D eigenvalue weighted by Crippen LogP contribution is -2.44. The van der Waals surface area contributed by atoms with Gasteiger partial charge in [0.25, 0.3) is 0 Å². The van der Waals surface area contributed by atoms with Gasteiger partial charge in [0, 0.05) is 32.2 Å². The molecule has 2 heterocycles. The minimum Gasteiger partial charge on any atom is -0.490 e. The standard InChI is InChI=1S/C16H25N3O2/c17-15-3-1-2-4-16(15)21-12-7-18-6-5-14(13-18)19-8-10-20-11-9-19/h1-4,14H,5-13,17H2. The summed E-state index contributed by atoms with van der Waals surface area (Å²) in [7, 11) is 0. The van der Waals surface area contributed by atoms with Gasteiger partial charge in [-0.25, -0.2) is 0 Å². The molecule has 0 bridgehead atoms. The monoisotopic (exact) mass is 291 g/mol. The Morgan fingerprint density at radius 2 is 2.00 bits per heavy atom. The molecule has 1 aromatic carbocycles. The number of nitrogens with two attached hydrogens (primary N) is 1. The minimum absolute atomic E-state index is 0.690. The summed E-state index contributed by atoms with van der Waals surface area (Å²) in [5.41, 5.74) is 6.59. The van der Waals surface area contributed by atoms with Crippen molar-refractivity contribution in [3.63, 3.8) is 0 Å².